The summed E-state index contributed by atoms with van der Waals surface area (Å²) >= 11 is 10.7. The van der Waals surface area contributed by atoms with Gasteiger partial charge < -0.3 is 9.47 Å². The van der Waals surface area contributed by atoms with Crippen LogP contribution in [0.3, 0.4) is 0 Å². The highest BCUT2D eigenvalue weighted by molar-refractivity contribution is 9.10. The van der Waals surface area contributed by atoms with Crippen LogP contribution < -0.4 is 0 Å². The Labute approximate surface area is 101 Å². The lowest BCUT2D eigenvalue weighted by atomic mass is 9.19. The molecule has 15 heavy (non-hydrogen) atoms. The molecule has 0 amide bonds. The van der Waals surface area contributed by atoms with Crippen LogP contribution in [0.5, 0.6) is 0 Å². The number of rotatable bonds is 0. The van der Waals surface area contributed by atoms with Crippen LogP contribution in [-0.2, 0) is 9.47 Å². The fourth-order valence-corrected chi connectivity index (χ4v) is 8.93. The van der Waals surface area contributed by atoms with Crippen molar-refractivity contribution < 1.29 is 9.47 Å². The molecule has 0 aromatic heterocycles. The predicted octanol–water partition coefficient (Wildman–Crippen LogP) is 1.61. The van der Waals surface area contributed by atoms with Crippen LogP contribution in [0.25, 0.3) is 0 Å². The van der Waals surface area contributed by atoms with Crippen molar-refractivity contribution in [2.45, 2.75) is 15.0 Å². The van der Waals surface area contributed by atoms with Crippen LogP contribution in [0.4, 0.5) is 0 Å². The summed E-state index contributed by atoms with van der Waals surface area (Å²) in [6.45, 7) is 1.53. The van der Waals surface area contributed by atoms with Gasteiger partial charge in [0.05, 0.1) is 22.4 Å². The topological polar surface area (TPSA) is 18.5 Å². The Balaban J connectivity index is 1.65. The average Bonchev–Trinajstić information content (AvgIpc) is 2.78. The van der Waals surface area contributed by atoms with E-state index >= 15 is 0 Å². The fraction of sp³-hybridized carbons (Fsp3) is 1.00. The number of ether oxygens (including phenoxy) is 2. The summed E-state index contributed by atoms with van der Waals surface area (Å²) in [5.41, 5.74) is 0. The summed E-state index contributed by atoms with van der Waals surface area (Å²) in [7, 11) is 0. The Kier molecular flexibility index (Phi) is 0.877. The van der Waals surface area contributed by atoms with Gasteiger partial charge in [-0.05, 0) is 29.6 Å². The van der Waals surface area contributed by atoms with Gasteiger partial charge in [-0.3, -0.25) is 0 Å². The standard InChI is InChI=1S/C11H10BrClO2/c12-10-6-3-7(10)5-8(4(6)9(3,5)13)11(10)14-1-2-15-11/h3-8H,1-2H2/t3?,4-,5+,6-,7-,8?,9?,10?/m1/s1. The molecule has 7 rings (SSSR count). The highest BCUT2D eigenvalue weighted by atomic mass is 79.9. The van der Waals surface area contributed by atoms with Gasteiger partial charge in [0.2, 0.25) is 0 Å². The first-order valence-electron chi connectivity index (χ1n) is 5.85. The smallest absolute Gasteiger partial charge is 0.187 e. The van der Waals surface area contributed by atoms with Crippen molar-refractivity contribution in [2.24, 2.45) is 35.5 Å². The van der Waals surface area contributed by atoms with Gasteiger partial charge >= 0.3 is 0 Å². The Morgan fingerprint density at radius 2 is 1.47 bits per heavy atom. The van der Waals surface area contributed by atoms with Crippen LogP contribution in [0.1, 0.15) is 0 Å². The summed E-state index contributed by atoms with van der Waals surface area (Å²) in [5, 5.41) is 0. The molecule has 6 saturated carbocycles. The number of alkyl halides is 2. The Morgan fingerprint density at radius 1 is 0.933 bits per heavy atom. The van der Waals surface area contributed by atoms with E-state index in [-0.39, 0.29) is 15.0 Å². The van der Waals surface area contributed by atoms with Crippen molar-refractivity contribution in [3.8, 4) is 0 Å². The minimum Gasteiger partial charge on any atom is -0.346 e. The molecule has 1 spiro atoms. The average molecular weight is 290 g/mol. The van der Waals surface area contributed by atoms with E-state index < -0.39 is 0 Å². The normalized spacial score (nSPS) is 82.0. The lowest BCUT2D eigenvalue weighted by Crippen LogP contribution is -2.94. The first-order valence-corrected chi connectivity index (χ1v) is 7.02. The molecule has 4 unspecified atom stereocenters. The van der Waals surface area contributed by atoms with Crippen LogP contribution in [0.2, 0.25) is 0 Å². The number of hydrogen-bond donors (Lipinski definition) is 0. The third-order valence-electron chi connectivity index (χ3n) is 6.51. The first kappa shape index (κ1) is 7.91. The van der Waals surface area contributed by atoms with E-state index in [9.17, 15) is 0 Å². The molecular formula is C11H10BrClO2. The minimum atomic E-state index is -0.275. The van der Waals surface area contributed by atoms with E-state index in [1.807, 2.05) is 0 Å². The molecule has 80 valence electrons. The molecule has 6 aliphatic carbocycles. The van der Waals surface area contributed by atoms with Crippen molar-refractivity contribution in [2.75, 3.05) is 13.2 Å². The second kappa shape index (κ2) is 1.66. The van der Waals surface area contributed by atoms with Crippen LogP contribution in [0.15, 0.2) is 0 Å². The highest BCUT2D eigenvalue weighted by Crippen LogP contribution is 3.03. The summed E-state index contributed by atoms with van der Waals surface area (Å²) in [6, 6.07) is 0. The molecule has 0 radical (unpaired) electrons. The third-order valence-corrected chi connectivity index (χ3v) is 8.88. The van der Waals surface area contributed by atoms with E-state index in [1.165, 1.54) is 0 Å². The van der Waals surface area contributed by atoms with Crippen molar-refractivity contribution in [1.82, 2.24) is 0 Å². The van der Waals surface area contributed by atoms with Gasteiger partial charge in [0.1, 0.15) is 0 Å². The molecule has 4 heteroatoms. The Bertz CT molecular complexity index is 412. The van der Waals surface area contributed by atoms with Crippen LogP contribution in [-0.4, -0.2) is 28.2 Å². The van der Waals surface area contributed by atoms with E-state index in [1.54, 1.807) is 0 Å². The van der Waals surface area contributed by atoms with E-state index in [0.29, 0.717) is 17.8 Å². The van der Waals surface area contributed by atoms with Crippen LogP contribution in [0, 0.1) is 35.5 Å². The maximum Gasteiger partial charge on any atom is 0.187 e. The van der Waals surface area contributed by atoms with Crippen molar-refractivity contribution >= 4 is 27.5 Å². The fourth-order valence-electron chi connectivity index (χ4n) is 6.49. The van der Waals surface area contributed by atoms with Gasteiger partial charge in [-0.1, -0.05) is 15.9 Å². The highest BCUT2D eigenvalue weighted by Gasteiger charge is 3.09. The molecule has 1 heterocycles. The summed E-state index contributed by atoms with van der Waals surface area (Å²) in [6.07, 6.45) is 0. The molecule has 7 aliphatic rings. The first-order chi connectivity index (χ1) is 7.19. The molecule has 1 aliphatic heterocycles. The molecule has 0 N–H and O–H groups in total. The van der Waals surface area contributed by atoms with Crippen LogP contribution >= 0.6 is 27.5 Å². The predicted molar refractivity (Wildman–Crippen MR) is 55.8 cm³/mol. The van der Waals surface area contributed by atoms with E-state index in [0.717, 1.165) is 31.0 Å². The lowest BCUT2D eigenvalue weighted by Gasteiger charge is -2.89. The van der Waals surface area contributed by atoms with Gasteiger partial charge in [-0.15, -0.1) is 11.6 Å². The molecule has 7 fully saturated rings. The maximum absolute atomic E-state index is 6.68. The molecule has 1 saturated heterocycles. The molecule has 8 atom stereocenters. The minimum absolute atomic E-state index is 0.151. The molecule has 0 aromatic carbocycles. The van der Waals surface area contributed by atoms with Gasteiger partial charge in [0.25, 0.3) is 0 Å². The monoisotopic (exact) mass is 288 g/mol. The number of hydrogen-bond acceptors (Lipinski definition) is 2. The zero-order valence-corrected chi connectivity index (χ0v) is 10.3. The maximum atomic E-state index is 6.68. The van der Waals surface area contributed by atoms with Gasteiger partial charge in [-0.2, -0.15) is 0 Å². The van der Waals surface area contributed by atoms with E-state index in [4.69, 9.17) is 21.1 Å². The van der Waals surface area contributed by atoms with Crippen molar-refractivity contribution in [1.29, 1.82) is 0 Å². The van der Waals surface area contributed by atoms with E-state index in [2.05, 4.69) is 15.9 Å². The van der Waals surface area contributed by atoms with Gasteiger partial charge in [0.15, 0.2) is 5.79 Å². The molecule has 0 aromatic rings. The zero-order chi connectivity index (χ0) is 9.79. The van der Waals surface area contributed by atoms with Crippen molar-refractivity contribution in [3.05, 3.63) is 0 Å². The second-order valence-corrected chi connectivity index (χ2v) is 8.08. The summed E-state index contributed by atoms with van der Waals surface area (Å²) in [5.74, 6) is 4.02. The Morgan fingerprint density at radius 3 is 2.00 bits per heavy atom. The van der Waals surface area contributed by atoms with Gasteiger partial charge in [0, 0.05) is 5.92 Å². The molecular weight excluding hydrogens is 279 g/mol. The summed E-state index contributed by atoms with van der Waals surface area (Å²) in [4.78, 5) is 0.191. The molecule has 2 bridgehead atoms. The summed E-state index contributed by atoms with van der Waals surface area (Å²) < 4.78 is 12.2. The number of halogens is 2. The SMILES string of the molecule is ClC12C3[C@@H]4[C@H]1C1[C@H]2[C@@H]3C4(Br)C12OCCO2. The van der Waals surface area contributed by atoms with Crippen molar-refractivity contribution in [3.63, 3.8) is 0 Å². The van der Waals surface area contributed by atoms with Gasteiger partial charge in [-0.25, -0.2) is 0 Å². The second-order valence-electron chi connectivity index (χ2n) is 6.11. The third kappa shape index (κ3) is 0.382. The Hall–Kier alpha value is 0.690. The largest absolute Gasteiger partial charge is 0.346 e. The zero-order valence-electron chi connectivity index (χ0n) is 7.95. The molecule has 2 nitrogen and oxygen atoms in total. The quantitative estimate of drug-likeness (QED) is 0.631. The lowest BCUT2D eigenvalue weighted by molar-refractivity contribution is -0.345.